The average molecular weight is 228 g/mol. The van der Waals surface area contributed by atoms with Crippen LogP contribution in [0.3, 0.4) is 0 Å². The van der Waals surface area contributed by atoms with Crippen LogP contribution in [0.5, 0.6) is 0 Å². The Morgan fingerprint density at radius 2 is 1.47 bits per heavy atom. The number of hydrogen-bond donors (Lipinski definition) is 0. The molecule has 0 aliphatic rings. The van der Waals surface area contributed by atoms with Gasteiger partial charge in [0, 0.05) is 0 Å². The predicted molar refractivity (Wildman–Crippen MR) is 78.7 cm³/mol. The minimum absolute atomic E-state index is 0.611. The second kappa shape index (κ2) is 6.44. The van der Waals surface area contributed by atoms with Gasteiger partial charge in [0.2, 0.25) is 0 Å². The summed E-state index contributed by atoms with van der Waals surface area (Å²) in [7, 11) is 0. The number of benzene rings is 2. The van der Waals surface area contributed by atoms with Crippen LogP contribution in [0.15, 0.2) is 36.4 Å². The minimum Gasteiger partial charge on any atom is -0.0656 e. The Bertz CT molecular complexity index is 466. The second-order valence-corrected chi connectivity index (χ2v) is 4.97. The molecule has 0 saturated heterocycles. The Labute approximate surface area is 106 Å². The van der Waals surface area contributed by atoms with E-state index in [9.17, 15) is 0 Å². The van der Waals surface area contributed by atoms with Gasteiger partial charge in [-0.05, 0) is 29.2 Å². The van der Waals surface area contributed by atoms with Crippen molar-refractivity contribution in [1.82, 2.24) is 0 Å². The van der Waals surface area contributed by atoms with Crippen LogP contribution in [0.2, 0.25) is 0 Å². The van der Waals surface area contributed by atoms with Gasteiger partial charge in [-0.15, -0.1) is 0 Å². The summed E-state index contributed by atoms with van der Waals surface area (Å²) < 4.78 is 0. The Balaban J connectivity index is 0.000000437. The molecule has 0 unspecified atom stereocenters. The van der Waals surface area contributed by atoms with E-state index >= 15 is 0 Å². The highest BCUT2D eigenvalue weighted by atomic mass is 14.0. The van der Waals surface area contributed by atoms with Gasteiger partial charge in [-0.1, -0.05) is 76.1 Å². The maximum absolute atomic E-state index is 2.30. The normalized spacial score (nSPS) is 10.2. The van der Waals surface area contributed by atoms with Crippen molar-refractivity contribution in [3.63, 3.8) is 0 Å². The van der Waals surface area contributed by atoms with Crippen LogP contribution in [0.1, 0.15) is 51.2 Å². The molecule has 0 radical (unpaired) electrons. The third-order valence-corrected chi connectivity index (χ3v) is 2.69. The molecule has 0 fully saturated rings. The van der Waals surface area contributed by atoms with Crippen molar-refractivity contribution in [3.05, 3.63) is 47.5 Å². The Morgan fingerprint density at radius 1 is 0.882 bits per heavy atom. The highest BCUT2D eigenvalue weighted by molar-refractivity contribution is 5.83. The van der Waals surface area contributed by atoms with Crippen LogP contribution < -0.4 is 0 Å². The first kappa shape index (κ1) is 13.8. The molecule has 92 valence electrons. The molecule has 0 aromatic heterocycles. The fourth-order valence-electron chi connectivity index (χ4n) is 1.74. The third kappa shape index (κ3) is 3.89. The molecule has 0 bridgehead atoms. The van der Waals surface area contributed by atoms with Gasteiger partial charge in [0.1, 0.15) is 0 Å². The first-order valence-electron chi connectivity index (χ1n) is 6.58. The third-order valence-electron chi connectivity index (χ3n) is 2.69. The summed E-state index contributed by atoms with van der Waals surface area (Å²) in [5.74, 6) is 0.611. The van der Waals surface area contributed by atoms with E-state index in [2.05, 4.69) is 71.0 Å². The zero-order chi connectivity index (χ0) is 12.8. The van der Waals surface area contributed by atoms with E-state index in [1.807, 2.05) is 0 Å². The summed E-state index contributed by atoms with van der Waals surface area (Å²) in [5.41, 5.74) is 2.75. The molecule has 0 saturated carbocycles. The number of hydrogen-bond acceptors (Lipinski definition) is 0. The molecule has 0 aliphatic carbocycles. The SMILES string of the molecule is CCC.Cc1ccc2ccc(C(C)C)cc2c1. The summed E-state index contributed by atoms with van der Waals surface area (Å²) in [6.07, 6.45) is 1.25. The fourth-order valence-corrected chi connectivity index (χ4v) is 1.74. The zero-order valence-electron chi connectivity index (χ0n) is 11.7. The van der Waals surface area contributed by atoms with Crippen LogP contribution >= 0.6 is 0 Å². The van der Waals surface area contributed by atoms with Crippen molar-refractivity contribution < 1.29 is 0 Å². The number of fused-ring (bicyclic) bond motifs is 1. The van der Waals surface area contributed by atoms with Gasteiger partial charge < -0.3 is 0 Å². The van der Waals surface area contributed by atoms with Gasteiger partial charge in [-0.2, -0.15) is 0 Å². The quantitative estimate of drug-likeness (QED) is 0.588. The Hall–Kier alpha value is -1.30. The predicted octanol–water partition coefficient (Wildman–Crippen LogP) is 5.69. The number of aryl methyl sites for hydroxylation is 1. The molecule has 0 heterocycles. The maximum Gasteiger partial charge on any atom is -0.0179 e. The molecule has 0 atom stereocenters. The van der Waals surface area contributed by atoms with E-state index in [4.69, 9.17) is 0 Å². The average Bonchev–Trinajstić information content (AvgIpc) is 2.29. The first-order valence-corrected chi connectivity index (χ1v) is 6.58. The molecule has 0 heteroatoms. The summed E-state index contributed by atoms with van der Waals surface area (Å²) in [5, 5.41) is 2.69. The van der Waals surface area contributed by atoms with Crippen molar-refractivity contribution in [2.75, 3.05) is 0 Å². The molecule has 17 heavy (non-hydrogen) atoms. The van der Waals surface area contributed by atoms with Gasteiger partial charge in [-0.25, -0.2) is 0 Å². The van der Waals surface area contributed by atoms with E-state index < -0.39 is 0 Å². The van der Waals surface area contributed by atoms with Crippen molar-refractivity contribution in [3.8, 4) is 0 Å². The van der Waals surface area contributed by atoms with E-state index in [1.54, 1.807) is 0 Å². The van der Waals surface area contributed by atoms with E-state index in [0.29, 0.717) is 5.92 Å². The lowest BCUT2D eigenvalue weighted by Crippen LogP contribution is -1.86. The van der Waals surface area contributed by atoms with Crippen LogP contribution in [0, 0.1) is 6.92 Å². The second-order valence-electron chi connectivity index (χ2n) is 4.97. The Morgan fingerprint density at radius 3 is 2.06 bits per heavy atom. The van der Waals surface area contributed by atoms with Crippen molar-refractivity contribution in [1.29, 1.82) is 0 Å². The fraction of sp³-hybridized carbons (Fsp3) is 0.412. The topological polar surface area (TPSA) is 0 Å². The Kier molecular flexibility index (Phi) is 5.21. The van der Waals surface area contributed by atoms with Crippen LogP contribution in [0.25, 0.3) is 10.8 Å². The molecular weight excluding hydrogens is 204 g/mol. The zero-order valence-corrected chi connectivity index (χ0v) is 11.7. The van der Waals surface area contributed by atoms with Gasteiger partial charge in [0.05, 0.1) is 0 Å². The molecular formula is C17H24. The van der Waals surface area contributed by atoms with Crippen molar-refractivity contribution >= 4 is 10.8 Å². The lowest BCUT2D eigenvalue weighted by atomic mass is 9.98. The summed E-state index contributed by atoms with van der Waals surface area (Å²) in [6, 6.07) is 13.3. The lowest BCUT2D eigenvalue weighted by molar-refractivity contribution is 0.869. The van der Waals surface area contributed by atoms with E-state index in [-0.39, 0.29) is 0 Å². The van der Waals surface area contributed by atoms with Gasteiger partial charge in [0.25, 0.3) is 0 Å². The highest BCUT2D eigenvalue weighted by Gasteiger charge is 2.00. The van der Waals surface area contributed by atoms with Crippen LogP contribution in [0.4, 0.5) is 0 Å². The van der Waals surface area contributed by atoms with Gasteiger partial charge in [0.15, 0.2) is 0 Å². The minimum atomic E-state index is 0.611. The van der Waals surface area contributed by atoms with Crippen LogP contribution in [-0.2, 0) is 0 Å². The first-order chi connectivity index (χ1) is 8.08. The summed E-state index contributed by atoms with van der Waals surface area (Å²) >= 11 is 0. The van der Waals surface area contributed by atoms with Gasteiger partial charge in [-0.3, -0.25) is 0 Å². The lowest BCUT2D eigenvalue weighted by Gasteiger charge is -2.07. The standard InChI is InChI=1S/C14H16.C3H8/c1-10(2)13-7-6-12-5-4-11(3)8-14(12)9-13;1-3-2/h4-10H,1-3H3;3H2,1-2H3. The number of rotatable bonds is 1. The molecule has 0 nitrogen and oxygen atoms in total. The molecule has 2 aromatic rings. The largest absolute Gasteiger partial charge is 0.0656 e. The van der Waals surface area contributed by atoms with Gasteiger partial charge >= 0.3 is 0 Å². The molecule has 2 rings (SSSR count). The highest BCUT2D eigenvalue weighted by Crippen LogP contribution is 2.22. The molecule has 2 aromatic carbocycles. The summed E-state index contributed by atoms with van der Waals surface area (Å²) in [6.45, 7) is 10.9. The van der Waals surface area contributed by atoms with E-state index in [1.165, 1.54) is 28.3 Å². The molecule has 0 amide bonds. The van der Waals surface area contributed by atoms with Crippen LogP contribution in [-0.4, -0.2) is 0 Å². The molecule has 0 N–H and O–H groups in total. The van der Waals surface area contributed by atoms with Crippen molar-refractivity contribution in [2.45, 2.75) is 47.0 Å². The van der Waals surface area contributed by atoms with Crippen molar-refractivity contribution in [2.24, 2.45) is 0 Å². The van der Waals surface area contributed by atoms with E-state index in [0.717, 1.165) is 0 Å². The maximum atomic E-state index is 2.30. The summed E-state index contributed by atoms with van der Waals surface area (Å²) in [4.78, 5) is 0. The molecule has 0 aliphatic heterocycles. The monoisotopic (exact) mass is 228 g/mol. The molecule has 0 spiro atoms. The smallest absolute Gasteiger partial charge is 0.0179 e.